The first-order valence-electron chi connectivity index (χ1n) is 6.30. The molecule has 0 saturated heterocycles. The van der Waals surface area contributed by atoms with Crippen LogP contribution in [0.4, 0.5) is 5.69 Å². The third-order valence-corrected chi connectivity index (χ3v) is 3.10. The lowest BCUT2D eigenvalue weighted by Crippen LogP contribution is -2.20. The number of aryl methyl sites for hydroxylation is 1. The summed E-state index contributed by atoms with van der Waals surface area (Å²) in [5, 5.41) is 2.82. The van der Waals surface area contributed by atoms with Gasteiger partial charge in [0, 0.05) is 30.1 Å². The molecule has 0 aliphatic heterocycles. The molecule has 0 atom stereocenters. The topological polar surface area (TPSA) is 72.9 Å². The number of benzene rings is 1. The third kappa shape index (κ3) is 3.42. The SMILES string of the molecule is CCc1nccn1CC(=O)Nc1cccc(C(N)=S)c1. The Kier molecular flexibility index (Phi) is 4.47. The molecule has 2 rings (SSSR count). The zero-order chi connectivity index (χ0) is 14.5. The molecule has 20 heavy (non-hydrogen) atoms. The summed E-state index contributed by atoms with van der Waals surface area (Å²) in [6.07, 6.45) is 4.28. The number of hydrogen-bond acceptors (Lipinski definition) is 3. The molecule has 3 N–H and O–H groups in total. The number of nitrogens with one attached hydrogen (secondary N) is 1. The van der Waals surface area contributed by atoms with Crippen molar-refractivity contribution in [3.8, 4) is 0 Å². The van der Waals surface area contributed by atoms with E-state index in [0.29, 0.717) is 10.7 Å². The molecule has 1 aromatic carbocycles. The van der Waals surface area contributed by atoms with Gasteiger partial charge < -0.3 is 15.6 Å². The summed E-state index contributed by atoms with van der Waals surface area (Å²) in [6, 6.07) is 7.17. The van der Waals surface area contributed by atoms with Crippen LogP contribution < -0.4 is 11.1 Å². The average Bonchev–Trinajstić information content (AvgIpc) is 2.86. The third-order valence-electron chi connectivity index (χ3n) is 2.86. The molecule has 0 spiro atoms. The number of anilines is 1. The summed E-state index contributed by atoms with van der Waals surface area (Å²) in [7, 11) is 0. The van der Waals surface area contributed by atoms with Gasteiger partial charge in [-0.1, -0.05) is 31.3 Å². The summed E-state index contributed by atoms with van der Waals surface area (Å²) in [4.78, 5) is 16.5. The summed E-state index contributed by atoms with van der Waals surface area (Å²) >= 11 is 4.91. The van der Waals surface area contributed by atoms with Gasteiger partial charge in [-0.15, -0.1) is 0 Å². The Morgan fingerprint density at radius 2 is 2.30 bits per heavy atom. The first kappa shape index (κ1) is 14.2. The van der Waals surface area contributed by atoms with Gasteiger partial charge in [-0.2, -0.15) is 0 Å². The van der Waals surface area contributed by atoms with Crippen LogP contribution in [0.25, 0.3) is 0 Å². The summed E-state index contributed by atoms with van der Waals surface area (Å²) < 4.78 is 1.83. The van der Waals surface area contributed by atoms with Gasteiger partial charge in [-0.25, -0.2) is 4.98 Å². The molecule has 0 fully saturated rings. The van der Waals surface area contributed by atoms with Gasteiger partial charge in [-0.3, -0.25) is 4.79 Å². The number of rotatable bonds is 5. The fourth-order valence-electron chi connectivity index (χ4n) is 1.90. The lowest BCUT2D eigenvalue weighted by molar-refractivity contribution is -0.116. The molecule has 0 bridgehead atoms. The molecule has 0 radical (unpaired) electrons. The van der Waals surface area contributed by atoms with Crippen LogP contribution in [0.5, 0.6) is 0 Å². The highest BCUT2D eigenvalue weighted by molar-refractivity contribution is 7.80. The maximum atomic E-state index is 12.0. The largest absolute Gasteiger partial charge is 0.389 e. The summed E-state index contributed by atoms with van der Waals surface area (Å²) in [5.74, 6) is 0.773. The van der Waals surface area contributed by atoms with Crippen LogP contribution >= 0.6 is 12.2 Å². The van der Waals surface area contributed by atoms with Crippen molar-refractivity contribution in [1.29, 1.82) is 0 Å². The van der Waals surface area contributed by atoms with Crippen LogP contribution in [0.3, 0.4) is 0 Å². The van der Waals surface area contributed by atoms with Crippen molar-refractivity contribution in [2.45, 2.75) is 19.9 Å². The summed E-state index contributed by atoms with van der Waals surface area (Å²) in [6.45, 7) is 2.24. The summed E-state index contributed by atoms with van der Waals surface area (Å²) in [5.41, 5.74) is 6.98. The molecule has 5 nitrogen and oxygen atoms in total. The number of aromatic nitrogens is 2. The Labute approximate surface area is 122 Å². The van der Waals surface area contributed by atoms with Crippen LogP contribution in [0.1, 0.15) is 18.3 Å². The quantitative estimate of drug-likeness (QED) is 0.822. The molecule has 0 aliphatic rings. The van der Waals surface area contributed by atoms with Crippen LogP contribution in [-0.2, 0) is 17.8 Å². The van der Waals surface area contributed by atoms with Crippen molar-refractivity contribution >= 4 is 28.8 Å². The van der Waals surface area contributed by atoms with Gasteiger partial charge >= 0.3 is 0 Å². The van der Waals surface area contributed by atoms with Gasteiger partial charge in [0.05, 0.1) is 0 Å². The number of carbonyl (C=O) groups is 1. The number of thiocarbonyl (C=S) groups is 1. The molecule has 1 aromatic heterocycles. The lowest BCUT2D eigenvalue weighted by Gasteiger charge is -2.09. The molecule has 0 aliphatic carbocycles. The highest BCUT2D eigenvalue weighted by Crippen LogP contribution is 2.11. The maximum Gasteiger partial charge on any atom is 0.244 e. The van der Waals surface area contributed by atoms with E-state index in [2.05, 4.69) is 10.3 Å². The first-order chi connectivity index (χ1) is 9.60. The first-order valence-corrected chi connectivity index (χ1v) is 6.70. The fourth-order valence-corrected chi connectivity index (χ4v) is 2.03. The van der Waals surface area contributed by atoms with E-state index >= 15 is 0 Å². The van der Waals surface area contributed by atoms with Gasteiger partial charge in [0.1, 0.15) is 17.4 Å². The van der Waals surface area contributed by atoms with Crippen molar-refractivity contribution in [3.63, 3.8) is 0 Å². The van der Waals surface area contributed by atoms with E-state index < -0.39 is 0 Å². The Morgan fingerprint density at radius 1 is 1.50 bits per heavy atom. The number of nitrogens with two attached hydrogens (primary N) is 1. The van der Waals surface area contributed by atoms with Crippen LogP contribution in [-0.4, -0.2) is 20.4 Å². The Hall–Kier alpha value is -2.21. The van der Waals surface area contributed by atoms with Crippen molar-refractivity contribution in [2.24, 2.45) is 5.73 Å². The number of carbonyl (C=O) groups excluding carboxylic acids is 1. The highest BCUT2D eigenvalue weighted by Gasteiger charge is 2.07. The highest BCUT2D eigenvalue weighted by atomic mass is 32.1. The van der Waals surface area contributed by atoms with E-state index in [9.17, 15) is 4.79 Å². The van der Waals surface area contributed by atoms with Gasteiger partial charge in [0.2, 0.25) is 5.91 Å². The van der Waals surface area contributed by atoms with Crippen LogP contribution in [0, 0.1) is 0 Å². The predicted octanol–water partition coefficient (Wildman–Crippen LogP) is 1.72. The maximum absolute atomic E-state index is 12.0. The van der Waals surface area contributed by atoms with E-state index in [1.807, 2.05) is 17.6 Å². The zero-order valence-electron chi connectivity index (χ0n) is 11.2. The van der Waals surface area contributed by atoms with E-state index in [-0.39, 0.29) is 12.5 Å². The number of hydrogen-bond donors (Lipinski definition) is 2. The number of nitrogens with zero attached hydrogens (tertiary/aromatic N) is 2. The lowest BCUT2D eigenvalue weighted by atomic mass is 10.2. The van der Waals surface area contributed by atoms with E-state index in [1.54, 1.807) is 30.6 Å². The molecular formula is C14H16N4OS. The minimum Gasteiger partial charge on any atom is -0.389 e. The minimum absolute atomic E-state index is 0.113. The molecular weight excluding hydrogens is 272 g/mol. The Bertz CT molecular complexity index is 636. The second kappa shape index (κ2) is 6.29. The fraction of sp³-hybridized carbons (Fsp3) is 0.214. The molecule has 104 valence electrons. The number of imidazole rings is 1. The van der Waals surface area contributed by atoms with Crippen LogP contribution in [0.15, 0.2) is 36.7 Å². The monoisotopic (exact) mass is 288 g/mol. The molecule has 0 saturated carbocycles. The van der Waals surface area contributed by atoms with Gasteiger partial charge in [0.25, 0.3) is 0 Å². The van der Waals surface area contributed by atoms with E-state index in [4.69, 9.17) is 18.0 Å². The second-order valence-corrected chi connectivity index (χ2v) is 4.76. The van der Waals surface area contributed by atoms with Crippen molar-refractivity contribution < 1.29 is 4.79 Å². The van der Waals surface area contributed by atoms with Crippen molar-refractivity contribution in [1.82, 2.24) is 9.55 Å². The Balaban J connectivity index is 2.05. The van der Waals surface area contributed by atoms with Crippen molar-refractivity contribution in [3.05, 3.63) is 48.0 Å². The van der Waals surface area contributed by atoms with E-state index in [1.165, 1.54) is 0 Å². The molecule has 6 heteroatoms. The number of amides is 1. The predicted molar refractivity (Wildman–Crippen MR) is 82.6 cm³/mol. The van der Waals surface area contributed by atoms with Crippen LogP contribution in [0.2, 0.25) is 0 Å². The smallest absolute Gasteiger partial charge is 0.244 e. The molecule has 2 aromatic rings. The molecule has 1 amide bonds. The normalized spacial score (nSPS) is 10.2. The molecule has 1 heterocycles. The van der Waals surface area contributed by atoms with Crippen molar-refractivity contribution in [2.75, 3.05) is 5.32 Å². The van der Waals surface area contributed by atoms with Gasteiger partial charge in [-0.05, 0) is 12.1 Å². The second-order valence-electron chi connectivity index (χ2n) is 4.32. The zero-order valence-corrected chi connectivity index (χ0v) is 12.0. The molecule has 0 unspecified atom stereocenters. The van der Waals surface area contributed by atoms with E-state index in [0.717, 1.165) is 17.8 Å². The van der Waals surface area contributed by atoms with Gasteiger partial charge in [0.15, 0.2) is 0 Å². The average molecular weight is 288 g/mol. The Morgan fingerprint density at radius 3 is 3.00 bits per heavy atom. The minimum atomic E-state index is -0.113. The standard InChI is InChI=1S/C14H16N4OS/c1-2-12-16-6-7-18(12)9-13(19)17-11-5-3-4-10(8-11)14(15)20/h3-8H,2,9H2,1H3,(H2,15,20)(H,17,19).